The third-order valence-corrected chi connectivity index (χ3v) is 7.13. The third kappa shape index (κ3) is 5.10. The van der Waals surface area contributed by atoms with Crippen molar-refractivity contribution in [2.75, 3.05) is 13.6 Å². The van der Waals surface area contributed by atoms with Gasteiger partial charge < -0.3 is 25.6 Å². The molecule has 0 bridgehead atoms. The van der Waals surface area contributed by atoms with Gasteiger partial charge in [-0.2, -0.15) is 0 Å². The highest BCUT2D eigenvalue weighted by molar-refractivity contribution is 6.30. The van der Waals surface area contributed by atoms with Crippen molar-refractivity contribution in [1.82, 2.24) is 14.8 Å². The number of rotatable bonds is 8. The molecule has 0 aliphatic heterocycles. The Kier molecular flexibility index (Phi) is 8.15. The smallest absolute Gasteiger partial charge is 0.252 e. The Bertz CT molecular complexity index is 1730. The van der Waals surface area contributed by atoms with E-state index in [1.165, 1.54) is 12.4 Å². The Morgan fingerprint density at radius 3 is 2.50 bits per heavy atom. The molecule has 0 aliphatic rings. The number of carbonyl (C=O) groups excluding carboxylic acids is 1. The number of hydrogen-bond donors (Lipinski definition) is 3. The van der Waals surface area contributed by atoms with E-state index in [0.29, 0.717) is 38.5 Å². The lowest BCUT2D eigenvalue weighted by Crippen LogP contribution is -2.37. The molecular formula is C32H29ClN4O3. The highest BCUT2D eigenvalue weighted by Gasteiger charge is 2.38. The van der Waals surface area contributed by atoms with Gasteiger partial charge in [-0.25, -0.2) is 0 Å². The molecule has 202 valence electrons. The van der Waals surface area contributed by atoms with Gasteiger partial charge in [0.25, 0.3) is 11.5 Å². The molecule has 0 aliphatic carbocycles. The van der Waals surface area contributed by atoms with Crippen molar-refractivity contribution < 1.29 is 9.90 Å². The van der Waals surface area contributed by atoms with Crippen LogP contribution in [-0.2, 0) is 12.6 Å². The van der Waals surface area contributed by atoms with Gasteiger partial charge in [0, 0.05) is 42.3 Å². The summed E-state index contributed by atoms with van der Waals surface area (Å²) in [4.78, 5) is 26.9. The summed E-state index contributed by atoms with van der Waals surface area (Å²) in [7, 11) is 3.42. The molecule has 1 atom stereocenters. The molecule has 0 spiro atoms. The molecule has 4 N–H and O–H groups in total. The first-order chi connectivity index (χ1) is 19.1. The molecule has 0 saturated heterocycles. The van der Waals surface area contributed by atoms with Crippen LogP contribution in [-0.4, -0.2) is 34.1 Å². The molecule has 1 heterocycles. The Morgan fingerprint density at radius 2 is 1.88 bits per heavy atom. The summed E-state index contributed by atoms with van der Waals surface area (Å²) >= 11 is 6.28. The summed E-state index contributed by atoms with van der Waals surface area (Å²) < 4.78 is 1.55. The molecule has 0 radical (unpaired) electrons. The maximum absolute atomic E-state index is 12.8. The van der Waals surface area contributed by atoms with Crippen LogP contribution in [0.4, 0.5) is 0 Å². The summed E-state index contributed by atoms with van der Waals surface area (Å²) in [6.07, 6.45) is 8.10. The number of pyridine rings is 1. The Labute approximate surface area is 237 Å². The van der Waals surface area contributed by atoms with E-state index in [9.17, 15) is 14.7 Å². The minimum absolute atomic E-state index is 0.100. The maximum Gasteiger partial charge on any atom is 0.252 e. The minimum atomic E-state index is -1.76. The number of likely N-dealkylation sites (N-methyl/N-ethyl adjacent to an activating group) is 1. The fourth-order valence-electron chi connectivity index (χ4n) is 4.73. The second-order valence-electron chi connectivity index (χ2n) is 9.22. The van der Waals surface area contributed by atoms with Crippen molar-refractivity contribution in [3.8, 4) is 23.5 Å². The second kappa shape index (κ2) is 11.5. The molecular weight excluding hydrogens is 524 g/mol. The molecule has 0 fully saturated rings. The number of terminal acetylenes is 1. The lowest BCUT2D eigenvalue weighted by Gasteiger charge is -2.36. The maximum atomic E-state index is 12.8. The van der Waals surface area contributed by atoms with Crippen LogP contribution >= 0.6 is 11.6 Å². The molecule has 7 nitrogen and oxygen atoms in total. The first-order valence-corrected chi connectivity index (χ1v) is 12.8. The van der Waals surface area contributed by atoms with E-state index in [4.69, 9.17) is 23.8 Å². The zero-order valence-corrected chi connectivity index (χ0v) is 22.9. The van der Waals surface area contributed by atoms with E-state index in [0.717, 1.165) is 10.9 Å². The van der Waals surface area contributed by atoms with E-state index in [1.54, 1.807) is 78.2 Å². The number of fused-ring (bicyclic) bond motifs is 1. The van der Waals surface area contributed by atoms with Gasteiger partial charge in [-0.05, 0) is 64.9 Å². The second-order valence-corrected chi connectivity index (χ2v) is 9.65. The van der Waals surface area contributed by atoms with E-state index in [1.807, 2.05) is 18.2 Å². The first-order valence-electron chi connectivity index (χ1n) is 12.4. The summed E-state index contributed by atoms with van der Waals surface area (Å²) in [5, 5.41) is 16.4. The number of nitrogens with one attached hydrogen (secondary N) is 1. The number of hydrogen-bond acceptors (Lipinski definition) is 5. The topological polar surface area (TPSA) is 101 Å². The van der Waals surface area contributed by atoms with Crippen LogP contribution in [0.25, 0.3) is 22.0 Å². The fourth-order valence-corrected chi connectivity index (χ4v) is 4.92. The first kappa shape index (κ1) is 28.2. The average molecular weight is 553 g/mol. The number of aromatic nitrogens is 1. The van der Waals surface area contributed by atoms with Crippen LogP contribution in [0.1, 0.15) is 21.5 Å². The number of halogens is 1. The van der Waals surface area contributed by atoms with Crippen molar-refractivity contribution in [2.24, 2.45) is 12.8 Å². The standard InChI is InChI=1S/C32H29ClN4O3/c1-5-16-35-31(39)21-10-12-23(13-11-21)32(40,29(20-34)36(3)6-2)24-14-15-28-27(18-24)26(19-30(38)37(28)4)22-8-7-9-25(33)17-22/h1,6-15,17-20,40H,2,16,34H2,3-4H3,(H,35,39)/b29-20-. The van der Waals surface area contributed by atoms with Gasteiger partial charge in [-0.15, -0.1) is 6.42 Å². The predicted octanol–water partition coefficient (Wildman–Crippen LogP) is 4.33. The molecule has 8 heteroatoms. The van der Waals surface area contributed by atoms with Gasteiger partial charge in [-0.3, -0.25) is 9.59 Å². The van der Waals surface area contributed by atoms with Crippen LogP contribution in [0.2, 0.25) is 5.02 Å². The number of aryl methyl sites for hydroxylation is 1. The molecule has 1 aromatic heterocycles. The molecule has 3 aromatic carbocycles. The molecule has 1 amide bonds. The number of nitrogens with zero attached hydrogens (tertiary/aromatic N) is 2. The van der Waals surface area contributed by atoms with Gasteiger partial charge >= 0.3 is 0 Å². The van der Waals surface area contributed by atoms with Crippen molar-refractivity contribution in [2.45, 2.75) is 5.60 Å². The SMILES string of the molecule is C#CCNC(=O)c1ccc(C(O)(/C(=C/N)N(C)C=C)c2ccc3c(c2)c(-c2cccc(Cl)c2)cc(=O)n3C)cc1. The lowest BCUT2D eigenvalue weighted by atomic mass is 9.81. The van der Waals surface area contributed by atoms with E-state index in [-0.39, 0.29) is 18.0 Å². The van der Waals surface area contributed by atoms with E-state index >= 15 is 0 Å². The monoisotopic (exact) mass is 552 g/mol. The third-order valence-electron chi connectivity index (χ3n) is 6.90. The largest absolute Gasteiger partial charge is 0.403 e. The van der Waals surface area contributed by atoms with E-state index in [2.05, 4.69) is 17.8 Å². The van der Waals surface area contributed by atoms with Crippen LogP contribution in [0.15, 0.2) is 102 Å². The zero-order valence-electron chi connectivity index (χ0n) is 22.2. The molecule has 4 rings (SSSR count). The molecule has 4 aromatic rings. The average Bonchev–Trinajstić information content (AvgIpc) is 2.97. The van der Waals surface area contributed by atoms with Gasteiger partial charge in [0.1, 0.15) is 0 Å². The van der Waals surface area contributed by atoms with Gasteiger partial charge in [0.05, 0.1) is 17.8 Å². The number of carbonyl (C=O) groups is 1. The Hall–Kier alpha value is -4.77. The molecule has 1 unspecified atom stereocenters. The van der Waals surface area contributed by atoms with Crippen LogP contribution in [0.3, 0.4) is 0 Å². The van der Waals surface area contributed by atoms with Crippen molar-refractivity contribution in [3.63, 3.8) is 0 Å². The van der Waals surface area contributed by atoms with Crippen LogP contribution < -0.4 is 16.6 Å². The van der Waals surface area contributed by atoms with Crippen LogP contribution in [0.5, 0.6) is 0 Å². The minimum Gasteiger partial charge on any atom is -0.403 e. The number of amides is 1. The van der Waals surface area contributed by atoms with Crippen LogP contribution in [0, 0.1) is 12.3 Å². The predicted molar refractivity (Wildman–Crippen MR) is 160 cm³/mol. The lowest BCUT2D eigenvalue weighted by molar-refractivity contribution is 0.0947. The number of benzene rings is 3. The fraction of sp³-hybridized carbons (Fsp3) is 0.125. The van der Waals surface area contributed by atoms with Gasteiger partial charge in [-0.1, -0.05) is 54.4 Å². The van der Waals surface area contributed by atoms with Gasteiger partial charge in [0.2, 0.25) is 0 Å². The number of aliphatic hydroxyl groups is 1. The quantitative estimate of drug-likeness (QED) is 0.282. The van der Waals surface area contributed by atoms with Crippen molar-refractivity contribution >= 4 is 28.4 Å². The summed E-state index contributed by atoms with van der Waals surface area (Å²) in [5.41, 5.74) is 7.89. The Balaban J connectivity index is 1.99. The molecule has 40 heavy (non-hydrogen) atoms. The number of nitrogens with two attached hydrogens (primary N) is 1. The highest BCUT2D eigenvalue weighted by atomic mass is 35.5. The summed E-state index contributed by atoms with van der Waals surface area (Å²) in [6.45, 7) is 3.93. The van der Waals surface area contributed by atoms with Gasteiger partial charge in [0.15, 0.2) is 5.60 Å². The zero-order chi connectivity index (χ0) is 29.0. The summed E-state index contributed by atoms with van der Waals surface area (Å²) in [6, 6.07) is 20.7. The van der Waals surface area contributed by atoms with E-state index < -0.39 is 5.60 Å². The normalized spacial score (nSPS) is 12.8. The highest BCUT2D eigenvalue weighted by Crippen LogP contribution is 2.40. The van der Waals surface area contributed by atoms with Crippen molar-refractivity contribution in [3.05, 3.63) is 130 Å². The summed E-state index contributed by atoms with van der Waals surface area (Å²) in [5.74, 6) is 2.04. The van der Waals surface area contributed by atoms with Crippen molar-refractivity contribution in [1.29, 1.82) is 0 Å². The molecule has 0 saturated carbocycles. The Morgan fingerprint density at radius 1 is 1.18 bits per heavy atom.